The number of carbonyl (C=O) groups excluding carboxylic acids is 5. The molecular formula is C111H112O11S5. The van der Waals surface area contributed by atoms with E-state index in [2.05, 4.69) is 454 Å². The van der Waals surface area contributed by atoms with Crippen LogP contribution in [-0.2, 0) is 83.9 Å². The number of methoxy groups -OCH3 is 1. The van der Waals surface area contributed by atoms with Crippen molar-refractivity contribution in [3.63, 3.8) is 0 Å². The van der Waals surface area contributed by atoms with Crippen molar-refractivity contribution in [1.29, 1.82) is 0 Å². The Hall–Kier alpha value is -12.8. The van der Waals surface area contributed by atoms with Crippen molar-refractivity contribution in [2.45, 2.75) is 174 Å². The van der Waals surface area contributed by atoms with Gasteiger partial charge in [0.1, 0.15) is 5.75 Å². The molecule has 0 saturated heterocycles. The average molecular weight is 1780 g/mol. The molecule has 15 aromatic rings. The van der Waals surface area contributed by atoms with Crippen molar-refractivity contribution < 1.29 is 54.2 Å². The van der Waals surface area contributed by atoms with Gasteiger partial charge in [0.25, 0.3) is 0 Å². The molecule has 0 bridgehead atoms. The molecule has 0 aromatic heterocycles. The number of hydrogen-bond donors (Lipinski definition) is 0. The lowest BCUT2D eigenvalue weighted by Gasteiger charge is -2.19. The predicted octanol–water partition coefficient (Wildman–Crippen LogP) is 21.1. The third-order valence-electron chi connectivity index (χ3n) is 17.5. The molecule has 0 unspecified atom stereocenters. The second-order valence-corrected chi connectivity index (χ2v) is 38.9. The van der Waals surface area contributed by atoms with Gasteiger partial charge in [0, 0.05) is 41.0 Å². The summed E-state index contributed by atoms with van der Waals surface area (Å²) < 4.78 is 5.26. The van der Waals surface area contributed by atoms with Gasteiger partial charge in [-0.2, -0.15) is 0 Å². The molecule has 0 radical (unpaired) electrons. The minimum Gasteiger partial charge on any atom is -0.550 e. The fourth-order valence-corrected chi connectivity index (χ4v) is 22.9. The maximum atomic E-state index is 9.49. The Balaban J connectivity index is 0.000000230. The third kappa shape index (κ3) is 37.9. The zero-order valence-electron chi connectivity index (χ0n) is 74.1. The number of carbonyl (C=O) groups is 5. The highest BCUT2D eigenvalue weighted by molar-refractivity contribution is 7.98. The molecule has 0 fully saturated rings. The molecule has 0 aliphatic rings. The Morgan fingerprint density at radius 3 is 0.575 bits per heavy atom. The van der Waals surface area contributed by atoms with E-state index in [0.29, 0.717) is 6.42 Å². The van der Waals surface area contributed by atoms with E-state index in [4.69, 9.17) is 34.4 Å². The van der Waals surface area contributed by atoms with Crippen LogP contribution in [0.4, 0.5) is 0 Å². The van der Waals surface area contributed by atoms with Crippen LogP contribution in [0.1, 0.15) is 96.9 Å². The summed E-state index contributed by atoms with van der Waals surface area (Å²) in [6.07, 6.45) is 0.961. The monoisotopic (exact) mass is 1780 g/mol. The standard InChI is InChI=1S/C22H23S.C21H21S.C19H17OS.2C18H15S.C4H8O2.C3H6O2.3C2H4O2/c1-22(2,3)18-14-16-21(17-15-18)23(19-10-6-4-7-11-19)20-12-8-5-9-13-20;1-16-14-17(2)21(18(3)15-16)22(19-10-6-4-7-11-19)20-12-8-5-9-13-20;1-20-16-12-14-19(15-13-16)21(17-8-4-2-5-9-17)18-10-6-3-7-11-18;2*1-4-10-16(11-5-1)19(17-12-6-2-7-13-17)18-14-8-3-9-15-18;1-2-3-4(5)6;1-2-3(4)5;3*1-2(3)4/h4-17H,1-3H3;4-15H,1-3H3;2-15H,1H3;2*1-15H;2-3H2,1H3,(H,5,6);2H2,1H3,(H,4,5);3*1H3,(H,3,4)/q5*+1;;;;;/p-5. The molecule has 16 heteroatoms. The van der Waals surface area contributed by atoms with Crippen LogP contribution in [0.2, 0.25) is 0 Å². The van der Waals surface area contributed by atoms with Crippen molar-refractivity contribution >= 4 is 84.3 Å². The molecule has 0 amide bonds. The molecule has 15 aromatic carbocycles. The van der Waals surface area contributed by atoms with Gasteiger partial charge in [0.05, 0.1) is 61.6 Å². The molecule has 15 rings (SSSR count). The number of ether oxygens (including phenoxy) is 1. The van der Waals surface area contributed by atoms with E-state index < -0.39 is 29.8 Å². The molecule has 0 spiro atoms. The van der Waals surface area contributed by atoms with Gasteiger partial charge in [-0.3, -0.25) is 0 Å². The third-order valence-corrected chi connectivity index (χ3v) is 29.0. The highest BCUT2D eigenvalue weighted by atomic mass is 32.2. The van der Waals surface area contributed by atoms with Gasteiger partial charge in [-0.1, -0.05) is 289 Å². The van der Waals surface area contributed by atoms with Gasteiger partial charge in [-0.15, -0.1) is 0 Å². The summed E-state index contributed by atoms with van der Waals surface area (Å²) in [6, 6.07) is 151. The fraction of sp³-hybridized carbons (Fsp3) is 0.144. The number of carboxylic acids is 5. The first-order valence-electron chi connectivity index (χ1n) is 41.3. The maximum absolute atomic E-state index is 9.49. The summed E-state index contributed by atoms with van der Waals surface area (Å²) >= 11 is 0. The first-order valence-corrected chi connectivity index (χ1v) is 47.4. The maximum Gasteiger partial charge on any atom is 0.172 e. The summed E-state index contributed by atoms with van der Waals surface area (Å²) in [5, 5.41) is 45.4. The SMILES string of the molecule is CC(=O)[O-].CC(=O)[O-].CC(=O)[O-].CC(C)(C)c1ccc([S+](c2ccccc2)c2ccccc2)cc1.CCC(=O)[O-].CCCC(=O)[O-].COc1ccc([S+](c2ccccc2)c2ccccc2)cc1.Cc1cc(C)c([S+](c2ccccc2)c2ccccc2)c(C)c1.c1ccc([S+](c2ccccc2)c2ccccc2)cc1.c1ccc([S+](c2ccccc2)c2ccccc2)cc1. The predicted molar refractivity (Wildman–Crippen MR) is 514 cm³/mol. The van der Waals surface area contributed by atoms with Crippen molar-refractivity contribution in [2.24, 2.45) is 0 Å². The number of aliphatic carboxylic acids is 5. The van der Waals surface area contributed by atoms with Crippen LogP contribution in [0.5, 0.6) is 5.75 Å². The van der Waals surface area contributed by atoms with E-state index in [0.717, 1.165) is 26.5 Å². The second kappa shape index (κ2) is 57.7. The van der Waals surface area contributed by atoms with Gasteiger partial charge >= 0.3 is 0 Å². The number of carboxylic acid groups (broad SMARTS) is 5. The summed E-state index contributed by atoms with van der Waals surface area (Å²) in [7, 11) is 1.49. The van der Waals surface area contributed by atoms with Crippen molar-refractivity contribution in [1.82, 2.24) is 0 Å². The smallest absolute Gasteiger partial charge is 0.172 e. The van der Waals surface area contributed by atoms with E-state index in [9.17, 15) is 19.8 Å². The van der Waals surface area contributed by atoms with Crippen LogP contribution >= 0.6 is 0 Å². The van der Waals surface area contributed by atoms with Gasteiger partial charge in [0.2, 0.25) is 0 Å². The van der Waals surface area contributed by atoms with Crippen LogP contribution in [0.3, 0.4) is 0 Å². The molecule has 0 atom stereocenters. The molecule has 0 aliphatic carbocycles. The van der Waals surface area contributed by atoms with Crippen LogP contribution in [0.15, 0.2) is 498 Å². The fourth-order valence-electron chi connectivity index (χ4n) is 12.2. The molecule has 11 nitrogen and oxygen atoms in total. The lowest BCUT2D eigenvalue weighted by Crippen LogP contribution is -2.20. The quantitative estimate of drug-likeness (QED) is 0.0695. The number of benzene rings is 15. The molecule has 0 heterocycles. The Morgan fingerprint density at radius 1 is 0.268 bits per heavy atom. The van der Waals surface area contributed by atoms with Crippen molar-refractivity contribution in [3.8, 4) is 5.75 Å². The Bertz CT molecular complexity index is 5080. The topological polar surface area (TPSA) is 210 Å². The van der Waals surface area contributed by atoms with E-state index in [1.54, 1.807) is 14.0 Å². The summed E-state index contributed by atoms with van der Waals surface area (Å²) in [5.74, 6) is -4.31. The number of rotatable bonds is 19. The van der Waals surface area contributed by atoms with Crippen molar-refractivity contribution in [2.75, 3.05) is 7.11 Å². The second-order valence-electron chi connectivity index (χ2n) is 28.8. The molecular weight excluding hydrogens is 1670 g/mol. The van der Waals surface area contributed by atoms with Crippen LogP contribution < -0.4 is 30.3 Å². The highest BCUT2D eigenvalue weighted by Gasteiger charge is 2.34. The first kappa shape index (κ1) is 103. The zero-order valence-corrected chi connectivity index (χ0v) is 78.2. The minimum absolute atomic E-state index is 0.0146. The van der Waals surface area contributed by atoms with Gasteiger partial charge in [-0.05, 0) is 247 Å². The van der Waals surface area contributed by atoms with Crippen molar-refractivity contribution in [3.05, 3.63) is 447 Å². The molecule has 0 N–H and O–H groups in total. The van der Waals surface area contributed by atoms with Crippen LogP contribution in [0.25, 0.3) is 0 Å². The number of aryl methyl sites for hydroxylation is 3. The highest BCUT2D eigenvalue weighted by Crippen LogP contribution is 2.39. The van der Waals surface area contributed by atoms with E-state index in [1.807, 2.05) is 12.1 Å². The first-order chi connectivity index (χ1) is 61.2. The minimum atomic E-state index is -1.08. The van der Waals surface area contributed by atoms with E-state index in [1.165, 1.54) is 103 Å². The largest absolute Gasteiger partial charge is 0.550 e. The Labute approximate surface area is 766 Å². The summed E-state index contributed by atoms with van der Waals surface area (Å²) in [5.41, 5.74) is 5.67. The molecule has 0 saturated carbocycles. The Kier molecular flexibility index (Phi) is 46.8. The van der Waals surface area contributed by atoms with Crippen LogP contribution in [-0.4, -0.2) is 37.0 Å². The van der Waals surface area contributed by atoms with E-state index >= 15 is 0 Å². The Morgan fingerprint density at radius 2 is 0.433 bits per heavy atom. The number of hydrogen-bond acceptors (Lipinski definition) is 11. The molecule has 127 heavy (non-hydrogen) atoms. The normalized spacial score (nSPS) is 10.2. The lowest BCUT2D eigenvalue weighted by molar-refractivity contribution is -0.306. The molecule has 652 valence electrons. The van der Waals surface area contributed by atoms with E-state index in [-0.39, 0.29) is 72.7 Å². The molecule has 0 aliphatic heterocycles. The van der Waals surface area contributed by atoms with Gasteiger partial charge < -0.3 is 54.2 Å². The summed E-state index contributed by atoms with van der Waals surface area (Å²) in [4.78, 5) is 65.8. The van der Waals surface area contributed by atoms with Gasteiger partial charge in [-0.25, -0.2) is 0 Å². The average Bonchev–Trinajstić information content (AvgIpc) is 0.785. The lowest BCUT2D eigenvalue weighted by atomic mass is 9.87. The van der Waals surface area contributed by atoms with Gasteiger partial charge in [0.15, 0.2) is 73.4 Å². The van der Waals surface area contributed by atoms with Crippen LogP contribution in [0, 0.1) is 20.8 Å². The summed E-state index contributed by atoms with van der Waals surface area (Å²) in [6.45, 7) is 19.7. The zero-order chi connectivity index (χ0) is 92.1.